The number of aliphatic carboxylic acids is 1. The molecule has 0 bridgehead atoms. The van der Waals surface area contributed by atoms with Crippen LogP contribution in [0.4, 0.5) is 0 Å². The van der Waals surface area contributed by atoms with Crippen molar-refractivity contribution in [3.8, 4) is 0 Å². The second kappa shape index (κ2) is 5.95. The van der Waals surface area contributed by atoms with Crippen LogP contribution >= 0.6 is 0 Å². The van der Waals surface area contributed by atoms with Gasteiger partial charge in [-0.05, 0) is 12.8 Å². The number of carbonyl (C=O) groups excluding carboxylic acids is 1. The molecule has 98 valence electrons. The zero-order chi connectivity index (χ0) is 12.9. The molecular weight excluding hydrogens is 228 g/mol. The molecule has 0 aromatic carbocycles. The molecule has 0 aromatic rings. The predicted molar refractivity (Wildman–Crippen MR) is 58.2 cm³/mol. The second-order valence-corrected chi connectivity index (χ2v) is 4.15. The van der Waals surface area contributed by atoms with Crippen LogP contribution in [0.25, 0.3) is 0 Å². The van der Waals surface area contributed by atoms with Gasteiger partial charge in [-0.1, -0.05) is 0 Å². The molecule has 1 heterocycles. The quantitative estimate of drug-likeness (QED) is 0.465. The molecule has 0 aromatic heterocycles. The SMILES string of the molecule is NC1(C(=O)N[C@@H](CCO)C(=O)O)CCOCC1. The summed E-state index contributed by atoms with van der Waals surface area (Å²) < 4.78 is 5.10. The van der Waals surface area contributed by atoms with Crippen LogP contribution in [0.1, 0.15) is 19.3 Å². The van der Waals surface area contributed by atoms with E-state index >= 15 is 0 Å². The largest absolute Gasteiger partial charge is 0.480 e. The van der Waals surface area contributed by atoms with Crippen LogP contribution < -0.4 is 11.1 Å². The minimum atomic E-state index is -1.18. The first-order valence-corrected chi connectivity index (χ1v) is 5.51. The van der Waals surface area contributed by atoms with Crippen molar-refractivity contribution >= 4 is 11.9 Å². The van der Waals surface area contributed by atoms with Gasteiger partial charge in [0.05, 0.1) is 5.54 Å². The van der Waals surface area contributed by atoms with E-state index in [-0.39, 0.29) is 13.0 Å². The number of amides is 1. The monoisotopic (exact) mass is 246 g/mol. The van der Waals surface area contributed by atoms with E-state index in [0.29, 0.717) is 26.1 Å². The molecule has 1 amide bonds. The van der Waals surface area contributed by atoms with Gasteiger partial charge in [0.1, 0.15) is 6.04 Å². The topological polar surface area (TPSA) is 122 Å². The number of nitrogens with one attached hydrogen (secondary N) is 1. The third-order valence-corrected chi connectivity index (χ3v) is 2.86. The molecule has 0 saturated carbocycles. The zero-order valence-corrected chi connectivity index (χ0v) is 9.52. The van der Waals surface area contributed by atoms with E-state index in [2.05, 4.69) is 5.32 Å². The van der Waals surface area contributed by atoms with Crippen LogP contribution in [0.2, 0.25) is 0 Å². The number of carboxylic acid groups (broad SMARTS) is 1. The number of aliphatic hydroxyl groups excluding tert-OH is 1. The Hall–Kier alpha value is -1.18. The van der Waals surface area contributed by atoms with Crippen molar-refractivity contribution < 1.29 is 24.5 Å². The molecule has 1 rings (SSSR count). The van der Waals surface area contributed by atoms with Crippen molar-refractivity contribution in [2.75, 3.05) is 19.8 Å². The highest BCUT2D eigenvalue weighted by molar-refractivity contribution is 5.90. The first-order chi connectivity index (χ1) is 7.99. The summed E-state index contributed by atoms with van der Waals surface area (Å²) in [5.41, 5.74) is 4.83. The van der Waals surface area contributed by atoms with Gasteiger partial charge < -0.3 is 26.0 Å². The number of aliphatic hydroxyl groups is 1. The van der Waals surface area contributed by atoms with Crippen LogP contribution in [0.5, 0.6) is 0 Å². The summed E-state index contributed by atoms with van der Waals surface area (Å²) in [7, 11) is 0. The molecule has 1 atom stereocenters. The molecular formula is C10H18N2O5. The first-order valence-electron chi connectivity index (χ1n) is 5.51. The number of hydrogen-bond acceptors (Lipinski definition) is 5. The predicted octanol–water partition coefficient (Wildman–Crippen LogP) is -1.55. The van der Waals surface area contributed by atoms with Crippen molar-refractivity contribution in [2.45, 2.75) is 30.8 Å². The van der Waals surface area contributed by atoms with E-state index in [0.717, 1.165) is 0 Å². The summed E-state index contributed by atoms with van der Waals surface area (Å²) in [5, 5.41) is 19.9. The molecule has 5 N–H and O–H groups in total. The summed E-state index contributed by atoms with van der Waals surface area (Å²) in [6, 6.07) is -1.10. The Bertz CT molecular complexity index is 288. The highest BCUT2D eigenvalue weighted by Gasteiger charge is 2.37. The van der Waals surface area contributed by atoms with Crippen LogP contribution in [0.3, 0.4) is 0 Å². The summed E-state index contributed by atoms with van der Waals surface area (Å²) in [6.07, 6.45) is 0.697. The van der Waals surface area contributed by atoms with Gasteiger partial charge in [0.2, 0.25) is 5.91 Å². The molecule has 7 nitrogen and oxygen atoms in total. The average molecular weight is 246 g/mol. The summed E-state index contributed by atoms with van der Waals surface area (Å²) in [4.78, 5) is 22.7. The molecule has 1 fully saturated rings. The number of rotatable bonds is 5. The number of hydrogen-bond donors (Lipinski definition) is 4. The van der Waals surface area contributed by atoms with Crippen molar-refractivity contribution in [2.24, 2.45) is 5.73 Å². The molecule has 1 aliphatic heterocycles. The van der Waals surface area contributed by atoms with Gasteiger partial charge in [0.25, 0.3) is 0 Å². The maximum absolute atomic E-state index is 11.9. The highest BCUT2D eigenvalue weighted by Crippen LogP contribution is 2.18. The maximum atomic E-state index is 11.9. The fourth-order valence-electron chi connectivity index (χ4n) is 1.65. The third-order valence-electron chi connectivity index (χ3n) is 2.86. The van der Waals surface area contributed by atoms with Crippen molar-refractivity contribution in [3.05, 3.63) is 0 Å². The summed E-state index contributed by atoms with van der Waals surface area (Å²) in [6.45, 7) is 0.473. The Morgan fingerprint density at radius 1 is 1.41 bits per heavy atom. The lowest BCUT2D eigenvalue weighted by Gasteiger charge is -2.32. The van der Waals surface area contributed by atoms with E-state index in [9.17, 15) is 9.59 Å². The van der Waals surface area contributed by atoms with Crippen LogP contribution in [-0.2, 0) is 14.3 Å². The van der Waals surface area contributed by atoms with Gasteiger partial charge in [0, 0.05) is 26.2 Å². The Labute approximate surface area is 98.9 Å². The number of ether oxygens (including phenoxy) is 1. The van der Waals surface area contributed by atoms with Gasteiger partial charge >= 0.3 is 5.97 Å². The summed E-state index contributed by atoms with van der Waals surface area (Å²) >= 11 is 0. The van der Waals surface area contributed by atoms with Crippen molar-refractivity contribution in [3.63, 3.8) is 0 Å². The molecule has 1 aliphatic rings. The van der Waals surface area contributed by atoms with Gasteiger partial charge in [-0.2, -0.15) is 0 Å². The first kappa shape index (κ1) is 13.9. The highest BCUT2D eigenvalue weighted by atomic mass is 16.5. The molecule has 7 heteroatoms. The fourth-order valence-corrected chi connectivity index (χ4v) is 1.65. The molecule has 0 spiro atoms. The lowest BCUT2D eigenvalue weighted by atomic mass is 9.90. The lowest BCUT2D eigenvalue weighted by molar-refractivity contribution is -0.143. The van der Waals surface area contributed by atoms with Gasteiger partial charge in [-0.15, -0.1) is 0 Å². The second-order valence-electron chi connectivity index (χ2n) is 4.15. The van der Waals surface area contributed by atoms with E-state index in [1.54, 1.807) is 0 Å². The molecule has 17 heavy (non-hydrogen) atoms. The average Bonchev–Trinajstić information content (AvgIpc) is 2.29. The minimum absolute atomic E-state index is 0.0341. The zero-order valence-electron chi connectivity index (χ0n) is 9.52. The van der Waals surface area contributed by atoms with Crippen molar-refractivity contribution in [1.82, 2.24) is 5.32 Å². The van der Waals surface area contributed by atoms with Gasteiger partial charge in [0.15, 0.2) is 0 Å². The Morgan fingerprint density at radius 3 is 2.47 bits per heavy atom. The van der Waals surface area contributed by atoms with Gasteiger partial charge in [-0.25, -0.2) is 4.79 Å². The van der Waals surface area contributed by atoms with Gasteiger partial charge in [-0.3, -0.25) is 4.79 Å². The van der Waals surface area contributed by atoms with E-state index in [1.165, 1.54) is 0 Å². The summed E-state index contributed by atoms with van der Waals surface area (Å²) in [5.74, 6) is -1.68. The van der Waals surface area contributed by atoms with Crippen LogP contribution in [-0.4, -0.2) is 53.5 Å². The van der Waals surface area contributed by atoms with Crippen LogP contribution in [0.15, 0.2) is 0 Å². The third kappa shape index (κ3) is 3.65. The van der Waals surface area contributed by atoms with Crippen molar-refractivity contribution in [1.29, 1.82) is 0 Å². The molecule has 0 radical (unpaired) electrons. The normalized spacial score (nSPS) is 20.6. The Balaban J connectivity index is 2.59. The molecule has 0 aliphatic carbocycles. The standard InChI is InChI=1S/C10H18N2O5/c11-10(2-5-17-6-3-10)9(16)12-7(1-4-13)8(14)15/h7,13H,1-6,11H2,(H,12,16)(H,14,15)/t7-/m0/s1. The fraction of sp³-hybridized carbons (Fsp3) is 0.800. The Morgan fingerprint density at radius 2 is 2.00 bits per heavy atom. The van der Waals surface area contributed by atoms with E-state index in [4.69, 9.17) is 20.7 Å². The molecule has 1 saturated heterocycles. The molecule has 0 unspecified atom stereocenters. The maximum Gasteiger partial charge on any atom is 0.326 e. The number of carbonyl (C=O) groups is 2. The Kier molecular flexibility index (Phi) is 4.86. The van der Waals surface area contributed by atoms with E-state index in [1.807, 2.05) is 0 Å². The number of carboxylic acids is 1. The van der Waals surface area contributed by atoms with E-state index < -0.39 is 23.5 Å². The smallest absolute Gasteiger partial charge is 0.326 e. The minimum Gasteiger partial charge on any atom is -0.480 e. The number of nitrogens with two attached hydrogens (primary N) is 1. The van der Waals surface area contributed by atoms with Crippen LogP contribution in [0, 0.1) is 0 Å². The lowest BCUT2D eigenvalue weighted by Crippen LogP contribution is -2.59.